The standard InChI is InChI=1S/C15H23N3/c16-3-1-14-2-4-18(17-14)15-12-6-10-5-11(8-12)9-13(15)7-10/h2,4,10-13,15H,1,3,5-9,16H2. The van der Waals surface area contributed by atoms with Gasteiger partial charge in [0.15, 0.2) is 0 Å². The molecule has 0 unspecified atom stereocenters. The molecule has 0 amide bonds. The molecule has 3 nitrogen and oxygen atoms in total. The van der Waals surface area contributed by atoms with Crippen molar-refractivity contribution in [2.24, 2.45) is 29.4 Å². The van der Waals surface area contributed by atoms with Crippen LogP contribution in [0.4, 0.5) is 0 Å². The maximum absolute atomic E-state index is 5.61. The summed E-state index contributed by atoms with van der Waals surface area (Å²) in [6.45, 7) is 0.707. The van der Waals surface area contributed by atoms with Gasteiger partial charge in [0.05, 0.1) is 11.7 Å². The summed E-state index contributed by atoms with van der Waals surface area (Å²) in [5.74, 6) is 3.91. The zero-order valence-electron chi connectivity index (χ0n) is 11.0. The number of rotatable bonds is 3. The third-order valence-corrected chi connectivity index (χ3v) is 5.55. The molecule has 4 saturated carbocycles. The van der Waals surface area contributed by atoms with Crippen molar-refractivity contribution in [1.29, 1.82) is 0 Å². The highest BCUT2D eigenvalue weighted by Crippen LogP contribution is 2.58. The molecule has 0 aromatic carbocycles. The average molecular weight is 245 g/mol. The van der Waals surface area contributed by atoms with Crippen molar-refractivity contribution in [1.82, 2.24) is 9.78 Å². The summed E-state index contributed by atoms with van der Waals surface area (Å²) in [6, 6.07) is 2.86. The lowest BCUT2D eigenvalue weighted by molar-refractivity contribution is -0.0337. The molecule has 0 atom stereocenters. The molecule has 1 aromatic heterocycles. The van der Waals surface area contributed by atoms with E-state index in [9.17, 15) is 0 Å². The van der Waals surface area contributed by atoms with Gasteiger partial charge in [0.25, 0.3) is 0 Å². The second kappa shape index (κ2) is 4.09. The Morgan fingerprint density at radius 2 is 1.78 bits per heavy atom. The fraction of sp³-hybridized carbons (Fsp3) is 0.800. The lowest BCUT2D eigenvalue weighted by Crippen LogP contribution is -2.46. The van der Waals surface area contributed by atoms with E-state index in [-0.39, 0.29) is 0 Å². The predicted octanol–water partition coefficient (Wildman–Crippen LogP) is 2.38. The monoisotopic (exact) mass is 245 g/mol. The van der Waals surface area contributed by atoms with E-state index in [1.807, 2.05) is 0 Å². The van der Waals surface area contributed by atoms with E-state index in [0.717, 1.165) is 30.1 Å². The molecular formula is C15H23N3. The van der Waals surface area contributed by atoms with Gasteiger partial charge in [-0.1, -0.05) is 0 Å². The van der Waals surface area contributed by atoms with Crippen LogP contribution in [0.5, 0.6) is 0 Å². The summed E-state index contributed by atoms with van der Waals surface area (Å²) < 4.78 is 2.29. The molecule has 3 heteroatoms. The molecule has 98 valence electrons. The van der Waals surface area contributed by atoms with Gasteiger partial charge in [-0.3, -0.25) is 4.68 Å². The highest BCUT2D eigenvalue weighted by molar-refractivity contribution is 5.05. The first-order chi connectivity index (χ1) is 8.83. The Morgan fingerprint density at radius 1 is 1.11 bits per heavy atom. The van der Waals surface area contributed by atoms with Gasteiger partial charge in [-0.15, -0.1) is 0 Å². The Labute approximate surface area is 109 Å². The topological polar surface area (TPSA) is 43.8 Å². The summed E-state index contributed by atoms with van der Waals surface area (Å²) in [7, 11) is 0. The molecule has 2 N–H and O–H groups in total. The van der Waals surface area contributed by atoms with Crippen molar-refractivity contribution >= 4 is 0 Å². The van der Waals surface area contributed by atoms with Gasteiger partial charge in [0.2, 0.25) is 0 Å². The minimum absolute atomic E-state index is 0.698. The quantitative estimate of drug-likeness (QED) is 0.888. The van der Waals surface area contributed by atoms with Crippen LogP contribution in [0, 0.1) is 23.7 Å². The Balaban J connectivity index is 1.60. The van der Waals surface area contributed by atoms with E-state index in [4.69, 9.17) is 10.8 Å². The SMILES string of the molecule is NCCc1ccn(C2C3CC4CC(C3)CC2C4)n1. The summed E-state index contributed by atoms with van der Waals surface area (Å²) in [4.78, 5) is 0. The third-order valence-electron chi connectivity index (χ3n) is 5.55. The minimum atomic E-state index is 0.698. The number of hydrogen-bond donors (Lipinski definition) is 1. The zero-order valence-corrected chi connectivity index (χ0v) is 11.0. The van der Waals surface area contributed by atoms with E-state index in [2.05, 4.69) is 16.9 Å². The molecular weight excluding hydrogens is 222 g/mol. The Kier molecular flexibility index (Phi) is 2.51. The fourth-order valence-corrected chi connectivity index (χ4v) is 5.15. The molecule has 1 heterocycles. The average Bonchev–Trinajstić information content (AvgIpc) is 2.76. The number of nitrogens with zero attached hydrogens (tertiary/aromatic N) is 2. The Bertz CT molecular complexity index is 409. The maximum Gasteiger partial charge on any atom is 0.0637 e. The largest absolute Gasteiger partial charge is 0.330 e. The lowest BCUT2D eigenvalue weighted by Gasteiger charge is -2.54. The number of nitrogens with two attached hydrogens (primary N) is 1. The molecule has 1 aromatic rings. The maximum atomic E-state index is 5.61. The first-order valence-electron chi connectivity index (χ1n) is 7.57. The number of hydrogen-bond acceptors (Lipinski definition) is 2. The van der Waals surface area contributed by atoms with Gasteiger partial charge in [0.1, 0.15) is 0 Å². The number of aromatic nitrogens is 2. The van der Waals surface area contributed by atoms with Crippen molar-refractivity contribution in [3.05, 3.63) is 18.0 Å². The third kappa shape index (κ3) is 1.63. The molecule has 5 rings (SSSR count). The molecule has 4 bridgehead atoms. The summed E-state index contributed by atoms with van der Waals surface area (Å²) in [5, 5.41) is 4.78. The molecule has 0 aliphatic heterocycles. The van der Waals surface area contributed by atoms with Gasteiger partial charge in [0, 0.05) is 12.6 Å². The second-order valence-electron chi connectivity index (χ2n) is 6.75. The van der Waals surface area contributed by atoms with Crippen LogP contribution in [0.2, 0.25) is 0 Å². The van der Waals surface area contributed by atoms with Crippen LogP contribution in [-0.4, -0.2) is 16.3 Å². The van der Waals surface area contributed by atoms with Crippen LogP contribution in [0.25, 0.3) is 0 Å². The predicted molar refractivity (Wildman–Crippen MR) is 71.1 cm³/mol. The van der Waals surface area contributed by atoms with Crippen LogP contribution >= 0.6 is 0 Å². The van der Waals surface area contributed by atoms with Gasteiger partial charge in [-0.25, -0.2) is 0 Å². The summed E-state index contributed by atoms with van der Waals surface area (Å²) >= 11 is 0. The fourth-order valence-electron chi connectivity index (χ4n) is 5.15. The van der Waals surface area contributed by atoms with Crippen molar-refractivity contribution in [3.8, 4) is 0 Å². The van der Waals surface area contributed by atoms with Crippen LogP contribution in [0.15, 0.2) is 12.3 Å². The first kappa shape index (κ1) is 11.0. The summed E-state index contributed by atoms with van der Waals surface area (Å²) in [5.41, 5.74) is 6.79. The highest BCUT2D eigenvalue weighted by Gasteiger charge is 2.49. The molecule has 0 radical (unpaired) electrons. The molecule has 0 spiro atoms. The minimum Gasteiger partial charge on any atom is -0.330 e. The van der Waals surface area contributed by atoms with Gasteiger partial charge < -0.3 is 5.73 Å². The Morgan fingerprint density at radius 3 is 2.39 bits per heavy atom. The smallest absolute Gasteiger partial charge is 0.0637 e. The second-order valence-corrected chi connectivity index (χ2v) is 6.75. The normalized spacial score (nSPS) is 41.5. The van der Waals surface area contributed by atoms with E-state index < -0.39 is 0 Å². The Hall–Kier alpha value is -0.830. The first-order valence-corrected chi connectivity index (χ1v) is 7.57. The van der Waals surface area contributed by atoms with Gasteiger partial charge in [-0.2, -0.15) is 5.10 Å². The van der Waals surface area contributed by atoms with Crippen molar-refractivity contribution in [3.63, 3.8) is 0 Å². The molecule has 4 aliphatic carbocycles. The molecule has 18 heavy (non-hydrogen) atoms. The van der Waals surface area contributed by atoms with Crippen LogP contribution < -0.4 is 5.73 Å². The highest BCUT2D eigenvalue weighted by atomic mass is 15.3. The van der Waals surface area contributed by atoms with E-state index in [1.54, 1.807) is 0 Å². The van der Waals surface area contributed by atoms with E-state index in [1.165, 1.54) is 37.8 Å². The molecule has 4 aliphatic rings. The molecule has 0 saturated heterocycles. The van der Waals surface area contributed by atoms with Crippen molar-refractivity contribution in [2.75, 3.05) is 6.54 Å². The van der Waals surface area contributed by atoms with Crippen LogP contribution in [-0.2, 0) is 6.42 Å². The van der Waals surface area contributed by atoms with Crippen LogP contribution in [0.1, 0.15) is 43.8 Å². The summed E-state index contributed by atoms with van der Waals surface area (Å²) in [6.07, 6.45) is 10.5. The molecule has 4 fully saturated rings. The van der Waals surface area contributed by atoms with Crippen molar-refractivity contribution < 1.29 is 0 Å². The lowest BCUT2D eigenvalue weighted by atomic mass is 9.54. The zero-order chi connectivity index (χ0) is 12.1. The van der Waals surface area contributed by atoms with E-state index in [0.29, 0.717) is 12.6 Å². The van der Waals surface area contributed by atoms with Gasteiger partial charge in [-0.05, 0) is 68.4 Å². The van der Waals surface area contributed by atoms with Crippen LogP contribution in [0.3, 0.4) is 0 Å². The van der Waals surface area contributed by atoms with E-state index >= 15 is 0 Å². The van der Waals surface area contributed by atoms with Gasteiger partial charge >= 0.3 is 0 Å². The van der Waals surface area contributed by atoms with Crippen molar-refractivity contribution in [2.45, 2.75) is 44.6 Å².